The van der Waals surface area contributed by atoms with Gasteiger partial charge in [0, 0.05) is 36.2 Å². The number of carbonyl (C=O) groups is 2. The molecule has 0 spiro atoms. The summed E-state index contributed by atoms with van der Waals surface area (Å²) in [4.78, 5) is 23.8. The van der Waals surface area contributed by atoms with Gasteiger partial charge < -0.3 is 19.9 Å². The van der Waals surface area contributed by atoms with E-state index in [4.69, 9.17) is 4.74 Å². The molecule has 6 nitrogen and oxygen atoms in total. The summed E-state index contributed by atoms with van der Waals surface area (Å²) in [6.07, 6.45) is 0. The molecule has 1 aromatic heterocycles. The van der Waals surface area contributed by atoms with E-state index in [-0.39, 0.29) is 11.8 Å². The van der Waals surface area contributed by atoms with Crippen molar-refractivity contribution in [3.63, 3.8) is 0 Å². The van der Waals surface area contributed by atoms with E-state index in [1.807, 2.05) is 35.9 Å². The van der Waals surface area contributed by atoms with E-state index in [2.05, 4.69) is 10.6 Å². The highest BCUT2D eigenvalue weighted by molar-refractivity contribution is 6.06. The summed E-state index contributed by atoms with van der Waals surface area (Å²) in [5.41, 5.74) is 2.72. The molecule has 128 valence electrons. The Labute approximate surface area is 145 Å². The molecule has 25 heavy (non-hydrogen) atoms. The first-order valence-electron chi connectivity index (χ1n) is 7.80. The quantitative estimate of drug-likeness (QED) is 0.766. The SMILES string of the molecule is COc1ccc2c(c1)cc(C(=O)Nc1cccc(NC(C)=O)c1)n2C. The van der Waals surface area contributed by atoms with Crippen LogP contribution >= 0.6 is 0 Å². The number of benzene rings is 2. The van der Waals surface area contributed by atoms with Gasteiger partial charge in [0.25, 0.3) is 5.91 Å². The zero-order chi connectivity index (χ0) is 18.0. The Kier molecular flexibility index (Phi) is 4.43. The van der Waals surface area contributed by atoms with Crippen molar-refractivity contribution in [1.29, 1.82) is 0 Å². The fourth-order valence-electron chi connectivity index (χ4n) is 2.75. The number of ether oxygens (including phenoxy) is 1. The fourth-order valence-corrected chi connectivity index (χ4v) is 2.75. The third-order valence-corrected chi connectivity index (χ3v) is 3.92. The fraction of sp³-hybridized carbons (Fsp3) is 0.158. The molecule has 0 aliphatic carbocycles. The molecule has 0 bridgehead atoms. The number of nitrogens with zero attached hydrogens (tertiary/aromatic N) is 1. The minimum atomic E-state index is -0.224. The largest absolute Gasteiger partial charge is 0.497 e. The van der Waals surface area contributed by atoms with Crippen LogP contribution in [0.5, 0.6) is 5.75 Å². The number of nitrogens with one attached hydrogen (secondary N) is 2. The number of methoxy groups -OCH3 is 1. The summed E-state index contributed by atoms with van der Waals surface area (Å²) in [6, 6.07) is 14.5. The molecule has 2 N–H and O–H groups in total. The number of aromatic nitrogens is 1. The molecular weight excluding hydrogens is 318 g/mol. The van der Waals surface area contributed by atoms with Gasteiger partial charge in [-0.15, -0.1) is 0 Å². The van der Waals surface area contributed by atoms with Gasteiger partial charge in [-0.05, 0) is 42.5 Å². The van der Waals surface area contributed by atoms with E-state index in [9.17, 15) is 9.59 Å². The standard InChI is InChI=1S/C19H19N3O3/c1-12(23)20-14-5-4-6-15(11-14)21-19(24)18-10-13-9-16(25-3)7-8-17(13)22(18)2/h4-11H,1-3H3,(H,20,23)(H,21,24). The average Bonchev–Trinajstić information content (AvgIpc) is 2.91. The number of hydrogen-bond acceptors (Lipinski definition) is 3. The van der Waals surface area contributed by atoms with Crippen LogP contribution in [0, 0.1) is 0 Å². The lowest BCUT2D eigenvalue weighted by atomic mass is 10.2. The van der Waals surface area contributed by atoms with Crippen molar-refractivity contribution in [1.82, 2.24) is 4.57 Å². The molecule has 0 saturated carbocycles. The summed E-state index contributed by atoms with van der Waals surface area (Å²) < 4.78 is 7.06. The third-order valence-electron chi connectivity index (χ3n) is 3.92. The number of hydrogen-bond donors (Lipinski definition) is 2. The van der Waals surface area contributed by atoms with Crippen LogP contribution in [0.4, 0.5) is 11.4 Å². The van der Waals surface area contributed by atoms with Gasteiger partial charge in [0.15, 0.2) is 0 Å². The van der Waals surface area contributed by atoms with Crippen molar-refractivity contribution in [2.45, 2.75) is 6.92 Å². The second kappa shape index (κ2) is 6.68. The molecule has 2 amide bonds. The molecule has 0 aliphatic heterocycles. The van der Waals surface area contributed by atoms with Crippen molar-refractivity contribution in [3.8, 4) is 5.75 Å². The van der Waals surface area contributed by atoms with Crippen molar-refractivity contribution in [3.05, 3.63) is 54.2 Å². The second-order valence-electron chi connectivity index (χ2n) is 5.73. The summed E-state index contributed by atoms with van der Waals surface area (Å²) >= 11 is 0. The smallest absolute Gasteiger partial charge is 0.272 e. The topological polar surface area (TPSA) is 72.4 Å². The van der Waals surface area contributed by atoms with Gasteiger partial charge in [0.05, 0.1) is 7.11 Å². The van der Waals surface area contributed by atoms with E-state index < -0.39 is 0 Å². The first-order chi connectivity index (χ1) is 12.0. The maximum atomic E-state index is 12.6. The van der Waals surface area contributed by atoms with Crippen LogP contribution in [0.2, 0.25) is 0 Å². The van der Waals surface area contributed by atoms with E-state index in [0.717, 1.165) is 16.7 Å². The van der Waals surface area contributed by atoms with Crippen LogP contribution in [-0.4, -0.2) is 23.5 Å². The highest BCUT2D eigenvalue weighted by Gasteiger charge is 2.14. The lowest BCUT2D eigenvalue weighted by Crippen LogP contribution is -2.15. The van der Waals surface area contributed by atoms with Crippen LogP contribution < -0.4 is 15.4 Å². The molecular formula is C19H19N3O3. The molecule has 3 aromatic rings. The zero-order valence-corrected chi connectivity index (χ0v) is 14.3. The molecule has 1 heterocycles. The Bertz CT molecular complexity index is 960. The van der Waals surface area contributed by atoms with Crippen molar-refractivity contribution in [2.75, 3.05) is 17.7 Å². The molecule has 6 heteroatoms. The first kappa shape index (κ1) is 16.6. The van der Waals surface area contributed by atoms with Gasteiger partial charge in [-0.1, -0.05) is 6.07 Å². The Balaban J connectivity index is 1.87. The molecule has 0 atom stereocenters. The molecule has 0 saturated heterocycles. The number of anilines is 2. The van der Waals surface area contributed by atoms with Crippen LogP contribution in [0.25, 0.3) is 10.9 Å². The maximum Gasteiger partial charge on any atom is 0.272 e. The number of aryl methyl sites for hydroxylation is 1. The van der Waals surface area contributed by atoms with Crippen molar-refractivity contribution in [2.24, 2.45) is 7.05 Å². The zero-order valence-electron chi connectivity index (χ0n) is 14.3. The predicted octanol–water partition coefficient (Wildman–Crippen LogP) is 3.40. The summed E-state index contributed by atoms with van der Waals surface area (Å²) in [7, 11) is 3.46. The number of carbonyl (C=O) groups excluding carboxylic acids is 2. The number of fused-ring (bicyclic) bond motifs is 1. The van der Waals surface area contributed by atoms with Crippen LogP contribution in [0.15, 0.2) is 48.5 Å². The molecule has 0 aliphatic rings. The van der Waals surface area contributed by atoms with Crippen LogP contribution in [-0.2, 0) is 11.8 Å². The Morgan fingerprint density at radius 1 is 1.00 bits per heavy atom. The van der Waals surface area contributed by atoms with E-state index in [1.54, 1.807) is 31.4 Å². The van der Waals surface area contributed by atoms with Gasteiger partial charge in [0.1, 0.15) is 11.4 Å². The highest BCUT2D eigenvalue weighted by atomic mass is 16.5. The number of amides is 2. The molecule has 0 radical (unpaired) electrons. The van der Waals surface area contributed by atoms with Crippen molar-refractivity contribution < 1.29 is 14.3 Å². The molecule has 0 fully saturated rings. The van der Waals surface area contributed by atoms with Gasteiger partial charge in [-0.3, -0.25) is 9.59 Å². The predicted molar refractivity (Wildman–Crippen MR) is 98.2 cm³/mol. The van der Waals surface area contributed by atoms with Gasteiger partial charge in [-0.2, -0.15) is 0 Å². The Morgan fingerprint density at radius 2 is 1.72 bits per heavy atom. The van der Waals surface area contributed by atoms with Gasteiger partial charge in [0.2, 0.25) is 5.91 Å². The Morgan fingerprint density at radius 3 is 2.40 bits per heavy atom. The molecule has 0 unspecified atom stereocenters. The van der Waals surface area contributed by atoms with E-state index >= 15 is 0 Å². The second-order valence-corrected chi connectivity index (χ2v) is 5.73. The maximum absolute atomic E-state index is 12.6. The lowest BCUT2D eigenvalue weighted by Gasteiger charge is -2.08. The van der Waals surface area contributed by atoms with Gasteiger partial charge >= 0.3 is 0 Å². The first-order valence-corrected chi connectivity index (χ1v) is 7.80. The van der Waals surface area contributed by atoms with E-state index in [0.29, 0.717) is 17.1 Å². The average molecular weight is 337 g/mol. The lowest BCUT2D eigenvalue weighted by molar-refractivity contribution is -0.114. The van der Waals surface area contributed by atoms with E-state index in [1.165, 1.54) is 6.92 Å². The monoisotopic (exact) mass is 337 g/mol. The van der Waals surface area contributed by atoms with Crippen LogP contribution in [0.1, 0.15) is 17.4 Å². The normalized spacial score (nSPS) is 10.5. The minimum absolute atomic E-state index is 0.161. The van der Waals surface area contributed by atoms with Crippen LogP contribution in [0.3, 0.4) is 0 Å². The molecule has 2 aromatic carbocycles. The summed E-state index contributed by atoms with van der Waals surface area (Å²) in [6.45, 7) is 1.44. The van der Waals surface area contributed by atoms with Crippen molar-refractivity contribution >= 4 is 34.1 Å². The molecule has 3 rings (SSSR count). The minimum Gasteiger partial charge on any atom is -0.497 e. The highest BCUT2D eigenvalue weighted by Crippen LogP contribution is 2.24. The Hall–Kier alpha value is -3.28. The third kappa shape index (κ3) is 3.47. The van der Waals surface area contributed by atoms with Gasteiger partial charge in [-0.25, -0.2) is 0 Å². The summed E-state index contributed by atoms with van der Waals surface area (Å²) in [5.74, 6) is 0.358. The number of rotatable bonds is 4. The summed E-state index contributed by atoms with van der Waals surface area (Å²) in [5, 5.41) is 6.48.